The molecule has 0 saturated carbocycles. The third-order valence-electron chi connectivity index (χ3n) is 3.82. The maximum Gasteiger partial charge on any atom is 0.0712 e. The van der Waals surface area contributed by atoms with E-state index in [4.69, 9.17) is 0 Å². The van der Waals surface area contributed by atoms with Crippen LogP contribution in [-0.4, -0.2) is 31.3 Å². The van der Waals surface area contributed by atoms with Crippen LogP contribution in [0.2, 0.25) is 0 Å². The van der Waals surface area contributed by atoms with Gasteiger partial charge >= 0.3 is 0 Å². The zero-order valence-electron chi connectivity index (χ0n) is 11.4. The molecule has 0 saturated heterocycles. The van der Waals surface area contributed by atoms with Crippen LogP contribution >= 0.6 is 0 Å². The maximum atomic E-state index is 9.89. The van der Waals surface area contributed by atoms with E-state index in [0.717, 1.165) is 32.4 Å². The Balaban J connectivity index is 2.27. The second-order valence-electron chi connectivity index (χ2n) is 5.05. The lowest BCUT2D eigenvalue weighted by molar-refractivity contribution is 0.175. The predicted molar refractivity (Wildman–Crippen MR) is 76.0 cm³/mol. The highest BCUT2D eigenvalue weighted by Gasteiger charge is 2.22. The van der Waals surface area contributed by atoms with Crippen LogP contribution in [0.15, 0.2) is 24.3 Å². The van der Waals surface area contributed by atoms with Gasteiger partial charge in [-0.3, -0.25) is 0 Å². The first-order chi connectivity index (χ1) is 8.76. The Labute approximate surface area is 110 Å². The van der Waals surface area contributed by atoms with Crippen molar-refractivity contribution in [1.29, 1.82) is 0 Å². The van der Waals surface area contributed by atoms with Crippen LogP contribution in [0.5, 0.6) is 0 Å². The second-order valence-corrected chi connectivity index (χ2v) is 5.05. The topological polar surface area (TPSA) is 35.5 Å². The van der Waals surface area contributed by atoms with Crippen LogP contribution in [0.25, 0.3) is 0 Å². The maximum absolute atomic E-state index is 9.89. The van der Waals surface area contributed by atoms with Gasteiger partial charge in [-0.25, -0.2) is 0 Å². The number of rotatable bonds is 4. The molecule has 18 heavy (non-hydrogen) atoms. The molecule has 1 aromatic rings. The molecule has 0 aliphatic carbocycles. The van der Waals surface area contributed by atoms with Crippen molar-refractivity contribution in [3.63, 3.8) is 0 Å². The van der Waals surface area contributed by atoms with Crippen molar-refractivity contribution in [2.24, 2.45) is 0 Å². The zero-order valence-corrected chi connectivity index (χ0v) is 11.4. The Morgan fingerprint density at radius 2 is 2.22 bits per heavy atom. The number of aliphatic hydroxyl groups excluding tert-OH is 1. The van der Waals surface area contributed by atoms with E-state index in [0.29, 0.717) is 6.04 Å². The molecule has 1 aliphatic rings. The molecule has 0 spiro atoms. The minimum atomic E-state index is -0.232. The predicted octanol–water partition coefficient (Wildman–Crippen LogP) is 2.32. The van der Waals surface area contributed by atoms with Gasteiger partial charge < -0.3 is 15.3 Å². The van der Waals surface area contributed by atoms with Gasteiger partial charge in [0.2, 0.25) is 0 Å². The first kappa shape index (κ1) is 13.4. The fourth-order valence-electron chi connectivity index (χ4n) is 2.71. The minimum Gasteiger partial charge on any atom is -0.391 e. The summed E-state index contributed by atoms with van der Waals surface area (Å²) >= 11 is 0. The second kappa shape index (κ2) is 6.21. The summed E-state index contributed by atoms with van der Waals surface area (Å²) in [4.78, 5) is 2.33. The molecule has 0 amide bonds. The average Bonchev–Trinajstić information content (AvgIpc) is 2.58. The van der Waals surface area contributed by atoms with Crippen LogP contribution in [0.3, 0.4) is 0 Å². The van der Waals surface area contributed by atoms with E-state index in [1.54, 1.807) is 0 Å². The number of aliphatic hydroxyl groups is 1. The molecule has 1 aromatic carbocycles. The Bertz CT molecular complexity index is 381. The monoisotopic (exact) mass is 248 g/mol. The lowest BCUT2D eigenvalue weighted by atomic mass is 10.0. The zero-order chi connectivity index (χ0) is 13.0. The molecule has 3 heteroatoms. The largest absolute Gasteiger partial charge is 0.391 e. The molecular formula is C15H24N2O. The summed E-state index contributed by atoms with van der Waals surface area (Å²) in [6.45, 7) is 3.81. The summed E-state index contributed by atoms with van der Waals surface area (Å²) in [7, 11) is 2.03. The van der Waals surface area contributed by atoms with E-state index in [9.17, 15) is 5.11 Å². The van der Waals surface area contributed by atoms with E-state index < -0.39 is 0 Å². The summed E-state index contributed by atoms with van der Waals surface area (Å²) < 4.78 is 0. The van der Waals surface area contributed by atoms with E-state index in [2.05, 4.69) is 34.5 Å². The van der Waals surface area contributed by atoms with Gasteiger partial charge in [0.25, 0.3) is 0 Å². The van der Waals surface area contributed by atoms with Gasteiger partial charge in [0.1, 0.15) is 0 Å². The lowest BCUT2D eigenvalue weighted by Gasteiger charge is -2.27. The van der Waals surface area contributed by atoms with Crippen molar-refractivity contribution in [3.8, 4) is 0 Å². The van der Waals surface area contributed by atoms with Crippen molar-refractivity contribution in [2.45, 2.75) is 38.3 Å². The highest BCUT2D eigenvalue weighted by molar-refractivity contribution is 5.56. The molecule has 0 aromatic heterocycles. The Morgan fingerprint density at radius 3 is 2.94 bits per heavy atom. The summed E-state index contributed by atoms with van der Waals surface area (Å²) in [5.74, 6) is 0. The number of para-hydroxylation sites is 1. The molecule has 100 valence electrons. The SMILES string of the molecule is CCC(O)CN1CCCC(NC)c2ccccc21. The molecular weight excluding hydrogens is 224 g/mol. The van der Waals surface area contributed by atoms with Gasteiger partial charge in [-0.2, -0.15) is 0 Å². The molecule has 1 aliphatic heterocycles. The van der Waals surface area contributed by atoms with Crippen molar-refractivity contribution in [2.75, 3.05) is 25.0 Å². The van der Waals surface area contributed by atoms with Gasteiger partial charge in [-0.15, -0.1) is 0 Å². The van der Waals surface area contributed by atoms with Gasteiger partial charge in [-0.05, 0) is 37.9 Å². The number of anilines is 1. The smallest absolute Gasteiger partial charge is 0.0712 e. The number of fused-ring (bicyclic) bond motifs is 1. The van der Waals surface area contributed by atoms with Gasteiger partial charge in [0.05, 0.1) is 6.10 Å². The number of benzene rings is 1. The quantitative estimate of drug-likeness (QED) is 0.858. The Hall–Kier alpha value is -1.06. The fourth-order valence-corrected chi connectivity index (χ4v) is 2.71. The number of nitrogens with zero attached hydrogens (tertiary/aromatic N) is 1. The summed E-state index contributed by atoms with van der Waals surface area (Å²) in [6, 6.07) is 9.00. The molecule has 0 fully saturated rings. The number of nitrogens with one attached hydrogen (secondary N) is 1. The van der Waals surface area contributed by atoms with Crippen LogP contribution in [0.4, 0.5) is 5.69 Å². The highest BCUT2D eigenvalue weighted by Crippen LogP contribution is 2.32. The fraction of sp³-hybridized carbons (Fsp3) is 0.600. The molecule has 0 bridgehead atoms. The van der Waals surface area contributed by atoms with E-state index >= 15 is 0 Å². The first-order valence-electron chi connectivity index (χ1n) is 6.95. The van der Waals surface area contributed by atoms with Gasteiger partial charge in [0, 0.05) is 24.8 Å². The molecule has 1 heterocycles. The van der Waals surface area contributed by atoms with Crippen molar-refractivity contribution < 1.29 is 5.11 Å². The third kappa shape index (κ3) is 2.85. The van der Waals surface area contributed by atoms with Crippen LogP contribution in [0, 0.1) is 0 Å². The first-order valence-corrected chi connectivity index (χ1v) is 6.95. The van der Waals surface area contributed by atoms with Crippen molar-refractivity contribution >= 4 is 5.69 Å². The molecule has 0 radical (unpaired) electrons. The molecule has 2 unspecified atom stereocenters. The summed E-state index contributed by atoms with van der Waals surface area (Å²) in [5, 5.41) is 13.3. The summed E-state index contributed by atoms with van der Waals surface area (Å²) in [6.07, 6.45) is 2.90. The lowest BCUT2D eigenvalue weighted by Crippen LogP contribution is -2.32. The standard InChI is InChI=1S/C15H24N2O/c1-3-12(18)11-17-10-6-8-14(16-2)13-7-4-5-9-15(13)17/h4-5,7,9,12,14,16,18H,3,6,8,10-11H2,1-2H3. The highest BCUT2D eigenvalue weighted by atomic mass is 16.3. The molecule has 2 N–H and O–H groups in total. The normalized spacial score (nSPS) is 21.3. The third-order valence-corrected chi connectivity index (χ3v) is 3.82. The minimum absolute atomic E-state index is 0.232. The average molecular weight is 248 g/mol. The van der Waals surface area contributed by atoms with Crippen LogP contribution in [0.1, 0.15) is 37.8 Å². The Kier molecular flexibility index (Phi) is 4.61. The Morgan fingerprint density at radius 1 is 1.44 bits per heavy atom. The number of β-amino-alcohol motifs (C(OH)–C–C–N with tert-alkyl or cyclic N) is 1. The summed E-state index contributed by atoms with van der Waals surface area (Å²) in [5.41, 5.74) is 2.64. The van der Waals surface area contributed by atoms with Crippen LogP contribution in [-0.2, 0) is 0 Å². The number of hydrogen-bond acceptors (Lipinski definition) is 3. The molecule has 3 nitrogen and oxygen atoms in total. The van der Waals surface area contributed by atoms with E-state index in [-0.39, 0.29) is 6.10 Å². The van der Waals surface area contributed by atoms with Gasteiger partial charge in [-0.1, -0.05) is 25.1 Å². The van der Waals surface area contributed by atoms with E-state index in [1.807, 2.05) is 14.0 Å². The van der Waals surface area contributed by atoms with Crippen molar-refractivity contribution in [1.82, 2.24) is 5.32 Å². The molecule has 2 rings (SSSR count). The van der Waals surface area contributed by atoms with E-state index in [1.165, 1.54) is 11.3 Å². The van der Waals surface area contributed by atoms with Gasteiger partial charge in [0.15, 0.2) is 0 Å². The number of hydrogen-bond donors (Lipinski definition) is 2. The molecule has 2 atom stereocenters. The van der Waals surface area contributed by atoms with Crippen LogP contribution < -0.4 is 10.2 Å². The van der Waals surface area contributed by atoms with Crippen molar-refractivity contribution in [3.05, 3.63) is 29.8 Å².